The van der Waals surface area contributed by atoms with Crippen molar-refractivity contribution in [3.63, 3.8) is 0 Å². The largest absolute Gasteiger partial charge is 0.301 e. The average molecular weight is 244 g/mol. The number of rotatable bonds is 6. The lowest BCUT2D eigenvalue weighted by molar-refractivity contribution is 0.269. The molecule has 3 nitrogen and oxygen atoms in total. The van der Waals surface area contributed by atoms with Crippen LogP contribution < -0.4 is 0 Å². The number of aromatic nitrogens is 3. The molecule has 0 atom stereocenters. The van der Waals surface area contributed by atoms with Gasteiger partial charge in [-0.25, -0.2) is 0 Å². The molecule has 0 aromatic carbocycles. The predicted octanol–water partition coefficient (Wildman–Crippen LogP) is 3.85. The summed E-state index contributed by atoms with van der Waals surface area (Å²) in [4.78, 5) is 0. The Kier molecular flexibility index (Phi) is 4.78. The van der Waals surface area contributed by atoms with Gasteiger partial charge >= 0.3 is 0 Å². The van der Waals surface area contributed by atoms with E-state index in [0.717, 1.165) is 12.4 Å². The highest BCUT2D eigenvalue weighted by atomic mass is 35.5. The van der Waals surface area contributed by atoms with E-state index in [1.54, 1.807) is 0 Å². The second-order valence-corrected chi connectivity index (χ2v) is 5.56. The summed E-state index contributed by atoms with van der Waals surface area (Å²) < 4.78 is 1.99. The van der Waals surface area contributed by atoms with E-state index in [2.05, 4.69) is 31.0 Å². The minimum absolute atomic E-state index is 0.256. The highest BCUT2D eigenvalue weighted by molar-refractivity contribution is 6.28. The number of halogens is 1. The molecule has 0 fully saturated rings. The zero-order valence-corrected chi connectivity index (χ0v) is 11.5. The minimum Gasteiger partial charge on any atom is -0.301 e. The van der Waals surface area contributed by atoms with Crippen LogP contribution in [0.25, 0.3) is 0 Å². The molecule has 0 N–H and O–H groups in total. The number of nitrogens with zero attached hydrogens (tertiary/aromatic N) is 3. The van der Waals surface area contributed by atoms with Gasteiger partial charge in [-0.15, -0.1) is 10.2 Å². The van der Waals surface area contributed by atoms with E-state index in [9.17, 15) is 0 Å². The summed E-state index contributed by atoms with van der Waals surface area (Å²) in [5.74, 6) is 0.897. The molecule has 0 amide bonds. The highest BCUT2D eigenvalue weighted by Crippen LogP contribution is 2.27. The molecular weight excluding hydrogens is 222 g/mol. The topological polar surface area (TPSA) is 30.7 Å². The molecule has 0 unspecified atom stereocenters. The number of hydrogen-bond donors (Lipinski definition) is 0. The Hall–Kier alpha value is -0.570. The Morgan fingerprint density at radius 1 is 1.25 bits per heavy atom. The van der Waals surface area contributed by atoms with Gasteiger partial charge in [0.15, 0.2) is 0 Å². The van der Waals surface area contributed by atoms with E-state index >= 15 is 0 Å². The van der Waals surface area contributed by atoms with Crippen molar-refractivity contribution < 1.29 is 0 Å². The lowest BCUT2D eigenvalue weighted by Gasteiger charge is -2.25. The van der Waals surface area contributed by atoms with Crippen molar-refractivity contribution in [1.29, 1.82) is 0 Å². The fourth-order valence-corrected chi connectivity index (χ4v) is 2.12. The van der Waals surface area contributed by atoms with Gasteiger partial charge < -0.3 is 4.57 Å². The van der Waals surface area contributed by atoms with Crippen molar-refractivity contribution in [1.82, 2.24) is 14.8 Å². The summed E-state index contributed by atoms with van der Waals surface area (Å²) >= 11 is 6.00. The molecule has 16 heavy (non-hydrogen) atoms. The number of hydrogen-bond acceptors (Lipinski definition) is 2. The van der Waals surface area contributed by atoms with Crippen LogP contribution in [0.3, 0.4) is 0 Å². The average Bonchev–Trinajstić information content (AvgIpc) is 2.49. The molecule has 0 spiro atoms. The predicted molar refractivity (Wildman–Crippen MR) is 67.7 cm³/mol. The maximum absolute atomic E-state index is 6.00. The molecule has 0 aliphatic heterocycles. The zero-order valence-electron chi connectivity index (χ0n) is 10.8. The Balaban J connectivity index is 2.58. The SMILES string of the molecule is CCCCCC(C)(C)Cn1c(C)nnc1Cl. The summed E-state index contributed by atoms with van der Waals surface area (Å²) in [6.45, 7) is 9.63. The van der Waals surface area contributed by atoms with Crippen LogP contribution in [0, 0.1) is 12.3 Å². The normalized spacial score (nSPS) is 12.1. The molecule has 1 aromatic rings. The quantitative estimate of drug-likeness (QED) is 0.711. The molecule has 1 heterocycles. The van der Waals surface area contributed by atoms with Crippen LogP contribution in [0.2, 0.25) is 5.28 Å². The number of aryl methyl sites for hydroxylation is 1. The zero-order chi connectivity index (χ0) is 12.2. The first-order valence-corrected chi connectivity index (χ1v) is 6.39. The molecule has 0 radical (unpaired) electrons. The summed E-state index contributed by atoms with van der Waals surface area (Å²) in [7, 11) is 0. The Labute approximate surface area is 103 Å². The van der Waals surface area contributed by atoms with Gasteiger partial charge in [-0.3, -0.25) is 0 Å². The second kappa shape index (κ2) is 5.67. The van der Waals surface area contributed by atoms with Crippen molar-refractivity contribution in [3.05, 3.63) is 11.1 Å². The van der Waals surface area contributed by atoms with Crippen LogP contribution in [0.15, 0.2) is 0 Å². The minimum atomic E-state index is 0.256. The van der Waals surface area contributed by atoms with Crippen LogP contribution >= 0.6 is 11.6 Å². The first-order chi connectivity index (χ1) is 7.46. The standard InChI is InChI=1S/C12H22ClN3/c1-5-6-7-8-12(3,4)9-16-10(2)14-15-11(16)13/h5-9H2,1-4H3. The van der Waals surface area contributed by atoms with Crippen LogP contribution in [0.1, 0.15) is 52.3 Å². The van der Waals surface area contributed by atoms with Gasteiger partial charge in [0.1, 0.15) is 5.82 Å². The van der Waals surface area contributed by atoms with E-state index in [4.69, 9.17) is 11.6 Å². The van der Waals surface area contributed by atoms with Crippen molar-refractivity contribution in [2.24, 2.45) is 5.41 Å². The van der Waals surface area contributed by atoms with Gasteiger partial charge in [0, 0.05) is 6.54 Å². The molecule has 0 aliphatic rings. The van der Waals surface area contributed by atoms with Gasteiger partial charge in [-0.2, -0.15) is 0 Å². The van der Waals surface area contributed by atoms with Crippen LogP contribution in [0.5, 0.6) is 0 Å². The van der Waals surface area contributed by atoms with Crippen molar-refractivity contribution in [3.8, 4) is 0 Å². The molecule has 0 saturated heterocycles. The molecule has 4 heteroatoms. The van der Waals surface area contributed by atoms with Gasteiger partial charge in [0.2, 0.25) is 5.28 Å². The number of unbranched alkanes of at least 4 members (excludes halogenated alkanes) is 2. The molecular formula is C12H22ClN3. The Morgan fingerprint density at radius 3 is 2.44 bits per heavy atom. The Morgan fingerprint density at radius 2 is 1.94 bits per heavy atom. The lowest BCUT2D eigenvalue weighted by Crippen LogP contribution is -2.20. The van der Waals surface area contributed by atoms with Gasteiger partial charge in [0.05, 0.1) is 0 Å². The van der Waals surface area contributed by atoms with Crippen LogP contribution in [0.4, 0.5) is 0 Å². The summed E-state index contributed by atoms with van der Waals surface area (Å²) in [6, 6.07) is 0. The second-order valence-electron chi connectivity index (χ2n) is 5.22. The van der Waals surface area contributed by atoms with Crippen molar-refractivity contribution in [2.75, 3.05) is 0 Å². The van der Waals surface area contributed by atoms with E-state index < -0.39 is 0 Å². The molecule has 92 valence electrons. The molecule has 0 aliphatic carbocycles. The van der Waals surface area contributed by atoms with Crippen molar-refractivity contribution >= 4 is 11.6 Å². The summed E-state index contributed by atoms with van der Waals surface area (Å²) in [5.41, 5.74) is 0.256. The third kappa shape index (κ3) is 3.78. The van der Waals surface area contributed by atoms with E-state index in [-0.39, 0.29) is 5.41 Å². The fourth-order valence-electron chi connectivity index (χ4n) is 1.90. The van der Waals surface area contributed by atoms with E-state index in [1.807, 2.05) is 11.5 Å². The van der Waals surface area contributed by atoms with Crippen LogP contribution in [-0.4, -0.2) is 14.8 Å². The van der Waals surface area contributed by atoms with Gasteiger partial charge in [0.25, 0.3) is 0 Å². The first-order valence-electron chi connectivity index (χ1n) is 6.01. The third-order valence-electron chi connectivity index (χ3n) is 2.93. The molecule has 1 rings (SSSR count). The fraction of sp³-hybridized carbons (Fsp3) is 0.833. The van der Waals surface area contributed by atoms with Crippen molar-refractivity contribution in [2.45, 2.75) is 59.9 Å². The summed E-state index contributed by atoms with van der Waals surface area (Å²) in [5, 5.41) is 8.35. The smallest absolute Gasteiger partial charge is 0.225 e. The van der Waals surface area contributed by atoms with Gasteiger partial charge in [-0.1, -0.05) is 40.0 Å². The van der Waals surface area contributed by atoms with E-state index in [0.29, 0.717) is 5.28 Å². The van der Waals surface area contributed by atoms with Gasteiger partial charge in [-0.05, 0) is 30.4 Å². The maximum Gasteiger partial charge on any atom is 0.225 e. The Bertz CT molecular complexity index is 312. The maximum atomic E-state index is 6.00. The van der Waals surface area contributed by atoms with E-state index in [1.165, 1.54) is 25.7 Å². The molecule has 1 aromatic heterocycles. The highest BCUT2D eigenvalue weighted by Gasteiger charge is 2.20. The first kappa shape index (κ1) is 13.5. The van der Waals surface area contributed by atoms with Crippen LogP contribution in [-0.2, 0) is 6.54 Å². The summed E-state index contributed by atoms with van der Waals surface area (Å²) in [6.07, 6.45) is 5.07. The molecule has 0 saturated carbocycles. The third-order valence-corrected chi connectivity index (χ3v) is 3.21. The molecule has 0 bridgehead atoms. The monoisotopic (exact) mass is 243 g/mol. The lowest BCUT2D eigenvalue weighted by atomic mass is 9.87.